The van der Waals surface area contributed by atoms with Gasteiger partial charge in [-0.15, -0.1) is 0 Å². The summed E-state index contributed by atoms with van der Waals surface area (Å²) in [7, 11) is 0. The molecule has 0 N–H and O–H groups in total. The Hall–Kier alpha value is -0.771. The van der Waals surface area contributed by atoms with Gasteiger partial charge in [0.2, 0.25) is 0 Å². The molecule has 0 amide bonds. The Morgan fingerprint density at radius 2 is 1.41 bits per heavy atom. The predicted octanol–water partition coefficient (Wildman–Crippen LogP) is 7.45. The van der Waals surface area contributed by atoms with E-state index in [1.807, 2.05) is 30.3 Å². The fraction of sp³-hybridized carbons (Fsp3) is 0.625. The van der Waals surface area contributed by atoms with E-state index >= 15 is 0 Å². The molecular weight excluding hydrogens is 439 g/mol. The van der Waals surface area contributed by atoms with Crippen molar-refractivity contribution in [2.75, 3.05) is 0 Å². The standard InChI is InChI=1S/C12H13O2.3C4H9.Sn/c1-2-3-9-12(13)14-10-11-7-5-4-6-8-11;3*1-3-4-2;/h4-8H,1,3,9-10H2;3*1,3-4H2,2H3;. The monoisotopic (exact) mass is 480 g/mol. The van der Waals surface area contributed by atoms with Gasteiger partial charge in [-0.3, -0.25) is 0 Å². The Labute approximate surface area is 171 Å². The van der Waals surface area contributed by atoms with Gasteiger partial charge >= 0.3 is 172 Å². The van der Waals surface area contributed by atoms with Crippen LogP contribution < -0.4 is 0 Å². The summed E-state index contributed by atoms with van der Waals surface area (Å²) in [6.07, 6.45) is 9.15. The molecule has 1 rings (SSSR count). The van der Waals surface area contributed by atoms with Crippen LogP contribution in [0, 0.1) is 0 Å². The molecular formula is C24H40O2Sn. The zero-order chi connectivity index (χ0) is 20.0. The first-order valence-electron chi connectivity index (χ1n) is 11.0. The van der Waals surface area contributed by atoms with Gasteiger partial charge in [-0.2, -0.15) is 0 Å². The minimum atomic E-state index is -2.40. The molecule has 1 aromatic rings. The fourth-order valence-corrected chi connectivity index (χ4v) is 19.6. The topological polar surface area (TPSA) is 26.3 Å². The van der Waals surface area contributed by atoms with Gasteiger partial charge in [-0.25, -0.2) is 0 Å². The molecule has 0 aliphatic rings. The SMILES string of the molecule is C=[C](CCC(=O)OCc1ccccc1)[Sn]([CH2]CCC)([CH2]CCC)[CH2]CCC. The quantitative estimate of drug-likeness (QED) is 0.193. The average Bonchev–Trinajstić information content (AvgIpc) is 2.71. The Bertz CT molecular complexity index is 517. The summed E-state index contributed by atoms with van der Waals surface area (Å²) < 4.78 is 11.2. The zero-order valence-corrected chi connectivity index (χ0v) is 20.7. The number of hydrogen-bond acceptors (Lipinski definition) is 2. The van der Waals surface area contributed by atoms with Crippen LogP contribution >= 0.6 is 0 Å². The number of unbranched alkanes of at least 4 members (excludes halogenated alkanes) is 3. The second-order valence-electron chi connectivity index (χ2n) is 7.84. The van der Waals surface area contributed by atoms with E-state index in [4.69, 9.17) is 4.74 Å². The van der Waals surface area contributed by atoms with Gasteiger partial charge in [-0.05, 0) is 0 Å². The number of hydrogen-bond donors (Lipinski definition) is 0. The molecule has 0 aliphatic carbocycles. The summed E-state index contributed by atoms with van der Waals surface area (Å²) in [5, 5.41) is 0. The molecule has 0 unspecified atom stereocenters. The summed E-state index contributed by atoms with van der Waals surface area (Å²) in [6.45, 7) is 11.8. The molecule has 0 fully saturated rings. The van der Waals surface area contributed by atoms with Crippen LogP contribution in [0.25, 0.3) is 0 Å². The van der Waals surface area contributed by atoms with E-state index in [-0.39, 0.29) is 5.97 Å². The van der Waals surface area contributed by atoms with Crippen molar-refractivity contribution in [1.29, 1.82) is 0 Å². The summed E-state index contributed by atoms with van der Waals surface area (Å²) in [5.41, 5.74) is 1.05. The van der Waals surface area contributed by atoms with E-state index in [1.165, 1.54) is 55.4 Å². The number of esters is 1. The van der Waals surface area contributed by atoms with Crippen LogP contribution in [0.4, 0.5) is 0 Å². The summed E-state index contributed by atoms with van der Waals surface area (Å²) >= 11 is -2.40. The van der Waals surface area contributed by atoms with Crippen molar-refractivity contribution in [3.63, 3.8) is 0 Å². The van der Waals surface area contributed by atoms with Crippen LogP contribution in [0.2, 0.25) is 13.3 Å². The first-order chi connectivity index (χ1) is 13.1. The number of carbonyl (C=O) groups is 1. The number of rotatable bonds is 15. The minimum absolute atomic E-state index is 0.0818. The van der Waals surface area contributed by atoms with Gasteiger partial charge in [0, 0.05) is 0 Å². The average molecular weight is 479 g/mol. The molecule has 0 heterocycles. The van der Waals surface area contributed by atoms with Crippen LogP contribution in [0.5, 0.6) is 0 Å². The first kappa shape index (κ1) is 24.3. The zero-order valence-electron chi connectivity index (χ0n) is 17.9. The fourth-order valence-electron chi connectivity index (χ4n) is 3.78. The third-order valence-corrected chi connectivity index (χ3v) is 21.9. The Kier molecular flexibility index (Phi) is 12.8. The maximum absolute atomic E-state index is 12.2. The number of allylic oxidation sites excluding steroid dienone is 1. The van der Waals surface area contributed by atoms with Crippen LogP contribution in [0.15, 0.2) is 40.5 Å². The van der Waals surface area contributed by atoms with Gasteiger partial charge in [0.15, 0.2) is 0 Å². The number of carbonyl (C=O) groups excluding carboxylic acids is 1. The maximum atomic E-state index is 12.2. The van der Waals surface area contributed by atoms with Gasteiger partial charge < -0.3 is 0 Å². The van der Waals surface area contributed by atoms with Gasteiger partial charge in [0.25, 0.3) is 0 Å². The van der Waals surface area contributed by atoms with Crippen molar-refractivity contribution in [1.82, 2.24) is 0 Å². The Morgan fingerprint density at radius 3 is 1.89 bits per heavy atom. The molecule has 0 bridgehead atoms. The Morgan fingerprint density at radius 1 is 0.889 bits per heavy atom. The third kappa shape index (κ3) is 9.31. The van der Waals surface area contributed by atoms with Crippen molar-refractivity contribution in [3.05, 3.63) is 46.1 Å². The van der Waals surface area contributed by atoms with Crippen molar-refractivity contribution in [3.8, 4) is 0 Å². The molecule has 0 aliphatic heterocycles. The molecule has 0 saturated carbocycles. The van der Waals surface area contributed by atoms with E-state index in [1.54, 1.807) is 0 Å². The van der Waals surface area contributed by atoms with Crippen LogP contribution in [0.1, 0.15) is 77.7 Å². The second-order valence-corrected chi connectivity index (χ2v) is 21.4. The summed E-state index contributed by atoms with van der Waals surface area (Å²) in [5.74, 6) is -0.0818. The van der Waals surface area contributed by atoms with E-state index < -0.39 is 18.4 Å². The van der Waals surface area contributed by atoms with Crippen molar-refractivity contribution < 1.29 is 9.53 Å². The van der Waals surface area contributed by atoms with E-state index in [9.17, 15) is 4.79 Å². The molecule has 1 aromatic carbocycles. The number of benzene rings is 1. The van der Waals surface area contributed by atoms with Gasteiger partial charge in [-0.1, -0.05) is 0 Å². The molecule has 27 heavy (non-hydrogen) atoms. The predicted molar refractivity (Wildman–Crippen MR) is 120 cm³/mol. The summed E-state index contributed by atoms with van der Waals surface area (Å²) in [4.78, 5) is 12.2. The molecule has 0 atom stereocenters. The van der Waals surface area contributed by atoms with Crippen molar-refractivity contribution >= 4 is 24.3 Å². The van der Waals surface area contributed by atoms with E-state index in [0.29, 0.717) is 13.0 Å². The molecule has 0 aromatic heterocycles. The van der Waals surface area contributed by atoms with Crippen molar-refractivity contribution in [2.45, 2.75) is 92.1 Å². The third-order valence-electron chi connectivity index (χ3n) is 5.65. The van der Waals surface area contributed by atoms with Crippen LogP contribution in [-0.4, -0.2) is 24.3 Å². The van der Waals surface area contributed by atoms with E-state index in [2.05, 4.69) is 27.4 Å². The molecule has 0 radical (unpaired) electrons. The molecule has 152 valence electrons. The molecule has 3 heteroatoms. The first-order valence-corrected chi connectivity index (χ1v) is 18.4. The van der Waals surface area contributed by atoms with Crippen LogP contribution in [-0.2, 0) is 16.1 Å². The second kappa shape index (κ2) is 14.3. The van der Waals surface area contributed by atoms with E-state index in [0.717, 1.165) is 12.0 Å². The molecule has 2 nitrogen and oxygen atoms in total. The molecule has 0 saturated heterocycles. The van der Waals surface area contributed by atoms with Gasteiger partial charge in [0.05, 0.1) is 0 Å². The normalized spacial score (nSPS) is 11.4. The van der Waals surface area contributed by atoms with Crippen molar-refractivity contribution in [2.24, 2.45) is 0 Å². The van der Waals surface area contributed by atoms with Gasteiger partial charge in [0.1, 0.15) is 0 Å². The molecule has 0 spiro atoms. The Balaban J connectivity index is 2.62. The van der Waals surface area contributed by atoms with Crippen LogP contribution in [0.3, 0.4) is 0 Å². The summed E-state index contributed by atoms with van der Waals surface area (Å²) in [6, 6.07) is 9.92. The number of ether oxygens (including phenoxy) is 1.